The molecule has 1 heterocycles. The van der Waals surface area contributed by atoms with Gasteiger partial charge < -0.3 is 14.6 Å². The molecule has 1 unspecified atom stereocenters. The second kappa shape index (κ2) is 9.81. The zero-order valence-electron chi connectivity index (χ0n) is 15.4. The SMILES string of the molecule is CC1(c2ccc(Oc3c(Cl)cccc3Cl)cc2)CN(CCC(=O)O)CCO1.Cl. The molecule has 0 amide bonds. The average Bonchev–Trinajstić information content (AvgIpc) is 2.64. The molecule has 1 fully saturated rings. The lowest BCUT2D eigenvalue weighted by Gasteiger charge is -2.40. The Labute approximate surface area is 180 Å². The van der Waals surface area contributed by atoms with E-state index in [1.54, 1.807) is 18.2 Å². The zero-order chi connectivity index (χ0) is 19.4. The standard InChI is InChI=1S/C20H21Cl2NO4.ClH/c1-20(13-23(11-12-26-20)10-9-18(24)25)14-5-7-15(8-6-14)27-19-16(21)3-2-4-17(19)22;/h2-8H,9-13H2,1H3,(H,24,25);1H. The summed E-state index contributed by atoms with van der Waals surface area (Å²) in [6.45, 7) is 4.46. The Balaban J connectivity index is 0.00000280. The van der Waals surface area contributed by atoms with Gasteiger partial charge in [0.1, 0.15) is 11.4 Å². The number of hydrogen-bond acceptors (Lipinski definition) is 4. The van der Waals surface area contributed by atoms with Crippen molar-refractivity contribution in [3.05, 3.63) is 58.1 Å². The first-order valence-corrected chi connectivity index (χ1v) is 9.43. The summed E-state index contributed by atoms with van der Waals surface area (Å²) in [6, 6.07) is 12.8. The minimum absolute atomic E-state index is 0. The Morgan fingerprint density at radius 3 is 2.46 bits per heavy atom. The van der Waals surface area contributed by atoms with Gasteiger partial charge in [-0.25, -0.2) is 0 Å². The summed E-state index contributed by atoms with van der Waals surface area (Å²) in [5.74, 6) is 0.257. The van der Waals surface area contributed by atoms with E-state index in [4.69, 9.17) is 37.8 Å². The number of aliphatic carboxylic acids is 1. The monoisotopic (exact) mass is 445 g/mol. The predicted octanol–water partition coefficient (Wildman–Crippen LogP) is 5.23. The van der Waals surface area contributed by atoms with Gasteiger partial charge in [0.2, 0.25) is 0 Å². The lowest BCUT2D eigenvalue weighted by molar-refractivity contribution is -0.139. The summed E-state index contributed by atoms with van der Waals surface area (Å²) in [5.41, 5.74) is 0.497. The lowest BCUT2D eigenvalue weighted by atomic mass is 9.93. The van der Waals surface area contributed by atoms with Crippen LogP contribution in [0.1, 0.15) is 18.9 Å². The number of benzene rings is 2. The van der Waals surface area contributed by atoms with Crippen LogP contribution in [0.2, 0.25) is 10.0 Å². The Hall–Kier alpha value is -1.50. The molecule has 1 N–H and O–H groups in total. The minimum atomic E-state index is -0.789. The van der Waals surface area contributed by atoms with Crippen molar-refractivity contribution in [3.63, 3.8) is 0 Å². The fraction of sp³-hybridized carbons (Fsp3) is 0.350. The highest BCUT2D eigenvalue weighted by atomic mass is 35.5. The van der Waals surface area contributed by atoms with Crippen LogP contribution in [0.15, 0.2) is 42.5 Å². The van der Waals surface area contributed by atoms with Crippen LogP contribution in [0.5, 0.6) is 11.5 Å². The average molecular weight is 447 g/mol. The van der Waals surface area contributed by atoms with Gasteiger partial charge in [-0.15, -0.1) is 12.4 Å². The van der Waals surface area contributed by atoms with Crippen molar-refractivity contribution >= 4 is 41.6 Å². The van der Waals surface area contributed by atoms with Crippen molar-refractivity contribution in [1.29, 1.82) is 0 Å². The molecule has 2 aromatic carbocycles. The topological polar surface area (TPSA) is 59.0 Å². The molecule has 0 spiro atoms. The van der Waals surface area contributed by atoms with E-state index in [9.17, 15) is 4.79 Å². The molecule has 2 aromatic rings. The lowest BCUT2D eigenvalue weighted by Crippen LogP contribution is -2.48. The molecule has 0 aliphatic carbocycles. The number of nitrogens with zero attached hydrogens (tertiary/aromatic N) is 1. The third kappa shape index (κ3) is 5.52. The maximum absolute atomic E-state index is 10.8. The maximum atomic E-state index is 10.8. The molecule has 152 valence electrons. The van der Waals surface area contributed by atoms with E-state index in [1.807, 2.05) is 31.2 Å². The highest BCUT2D eigenvalue weighted by Gasteiger charge is 2.33. The molecule has 5 nitrogen and oxygen atoms in total. The summed E-state index contributed by atoms with van der Waals surface area (Å²) in [4.78, 5) is 12.9. The van der Waals surface area contributed by atoms with Crippen molar-refractivity contribution in [2.75, 3.05) is 26.2 Å². The molecule has 0 bridgehead atoms. The van der Waals surface area contributed by atoms with Gasteiger partial charge in [-0.3, -0.25) is 9.69 Å². The zero-order valence-corrected chi connectivity index (χ0v) is 17.7. The Bertz CT molecular complexity index is 795. The van der Waals surface area contributed by atoms with E-state index in [-0.39, 0.29) is 18.8 Å². The van der Waals surface area contributed by atoms with Crippen LogP contribution in [-0.4, -0.2) is 42.2 Å². The molecule has 3 rings (SSSR count). The second-order valence-corrected chi connectivity index (χ2v) is 7.49. The number of carbonyl (C=O) groups is 1. The summed E-state index contributed by atoms with van der Waals surface area (Å²) in [5, 5.41) is 9.79. The van der Waals surface area contributed by atoms with Gasteiger partial charge in [0.15, 0.2) is 5.75 Å². The van der Waals surface area contributed by atoms with Gasteiger partial charge in [-0.2, -0.15) is 0 Å². The highest BCUT2D eigenvalue weighted by Crippen LogP contribution is 2.37. The molecule has 0 saturated carbocycles. The van der Waals surface area contributed by atoms with Crippen LogP contribution < -0.4 is 4.74 Å². The number of hydrogen-bond donors (Lipinski definition) is 1. The van der Waals surface area contributed by atoms with Crippen LogP contribution >= 0.6 is 35.6 Å². The number of morpholine rings is 1. The second-order valence-electron chi connectivity index (χ2n) is 6.68. The summed E-state index contributed by atoms with van der Waals surface area (Å²) >= 11 is 12.3. The minimum Gasteiger partial charge on any atom is -0.481 e. The van der Waals surface area contributed by atoms with Crippen LogP contribution in [0.25, 0.3) is 0 Å². The Morgan fingerprint density at radius 2 is 1.86 bits per heavy atom. The molecular formula is C20H22Cl3NO4. The number of rotatable bonds is 6. The predicted molar refractivity (Wildman–Crippen MR) is 112 cm³/mol. The van der Waals surface area contributed by atoms with Gasteiger partial charge in [0, 0.05) is 19.6 Å². The van der Waals surface area contributed by atoms with Crippen molar-refractivity contribution < 1.29 is 19.4 Å². The van der Waals surface area contributed by atoms with E-state index in [1.165, 1.54) is 0 Å². The highest BCUT2D eigenvalue weighted by molar-refractivity contribution is 6.37. The molecule has 28 heavy (non-hydrogen) atoms. The van der Waals surface area contributed by atoms with E-state index in [0.29, 0.717) is 41.2 Å². The number of carboxylic acid groups (broad SMARTS) is 1. The molecule has 0 aromatic heterocycles. The third-order valence-electron chi connectivity index (χ3n) is 4.60. The van der Waals surface area contributed by atoms with Crippen LogP contribution in [0, 0.1) is 0 Å². The summed E-state index contributed by atoms with van der Waals surface area (Å²) in [7, 11) is 0. The number of para-hydroxylation sites is 1. The third-order valence-corrected chi connectivity index (χ3v) is 5.19. The van der Waals surface area contributed by atoms with E-state index in [0.717, 1.165) is 12.1 Å². The Morgan fingerprint density at radius 1 is 1.21 bits per heavy atom. The first kappa shape index (κ1) is 22.8. The van der Waals surface area contributed by atoms with Crippen molar-refractivity contribution in [2.45, 2.75) is 18.9 Å². The molecule has 1 atom stereocenters. The van der Waals surface area contributed by atoms with Crippen molar-refractivity contribution in [3.8, 4) is 11.5 Å². The molecule has 1 saturated heterocycles. The molecular weight excluding hydrogens is 425 g/mol. The van der Waals surface area contributed by atoms with Gasteiger partial charge in [0.05, 0.1) is 23.1 Å². The first-order chi connectivity index (χ1) is 12.9. The van der Waals surface area contributed by atoms with Crippen LogP contribution in [0.4, 0.5) is 0 Å². The van der Waals surface area contributed by atoms with Crippen LogP contribution in [-0.2, 0) is 15.1 Å². The van der Waals surface area contributed by atoms with E-state index < -0.39 is 11.6 Å². The summed E-state index contributed by atoms with van der Waals surface area (Å²) < 4.78 is 11.8. The normalized spacial score (nSPS) is 19.7. The fourth-order valence-electron chi connectivity index (χ4n) is 3.14. The van der Waals surface area contributed by atoms with Crippen molar-refractivity contribution in [2.24, 2.45) is 0 Å². The smallest absolute Gasteiger partial charge is 0.304 e. The maximum Gasteiger partial charge on any atom is 0.304 e. The molecule has 1 aliphatic heterocycles. The fourth-order valence-corrected chi connectivity index (χ4v) is 3.62. The van der Waals surface area contributed by atoms with E-state index >= 15 is 0 Å². The largest absolute Gasteiger partial charge is 0.481 e. The van der Waals surface area contributed by atoms with Gasteiger partial charge in [-0.05, 0) is 36.8 Å². The molecule has 0 radical (unpaired) electrons. The van der Waals surface area contributed by atoms with Crippen molar-refractivity contribution in [1.82, 2.24) is 4.90 Å². The summed E-state index contributed by atoms with van der Waals surface area (Å²) in [6.07, 6.45) is 0.126. The first-order valence-electron chi connectivity index (χ1n) is 8.68. The molecule has 1 aliphatic rings. The van der Waals surface area contributed by atoms with Gasteiger partial charge >= 0.3 is 5.97 Å². The number of carboxylic acids is 1. The van der Waals surface area contributed by atoms with E-state index in [2.05, 4.69) is 4.90 Å². The molecule has 8 heteroatoms. The van der Waals surface area contributed by atoms with Gasteiger partial charge in [-0.1, -0.05) is 41.4 Å². The quantitative estimate of drug-likeness (QED) is 0.658. The number of ether oxygens (including phenoxy) is 2. The Kier molecular flexibility index (Phi) is 7.98. The van der Waals surface area contributed by atoms with Crippen LogP contribution in [0.3, 0.4) is 0 Å². The number of halogens is 3. The van der Waals surface area contributed by atoms with Gasteiger partial charge in [0.25, 0.3) is 0 Å².